The third-order valence-corrected chi connectivity index (χ3v) is 2.88. The maximum Gasteiger partial charge on any atom is 0.169 e. The largest absolute Gasteiger partial charge is 0.496 e. The predicted molar refractivity (Wildman–Crippen MR) is 59.4 cm³/mol. The van der Waals surface area contributed by atoms with Gasteiger partial charge in [-0.15, -0.1) is 11.3 Å². The van der Waals surface area contributed by atoms with Gasteiger partial charge in [-0.2, -0.15) is 0 Å². The number of thiophene rings is 1. The Morgan fingerprint density at radius 1 is 1.60 bits per heavy atom. The van der Waals surface area contributed by atoms with Crippen LogP contribution in [0.3, 0.4) is 0 Å². The zero-order valence-electron chi connectivity index (χ0n) is 8.61. The summed E-state index contributed by atoms with van der Waals surface area (Å²) in [5.74, 6) is 2.46. The molecule has 0 aliphatic heterocycles. The molecule has 4 nitrogen and oxygen atoms in total. The van der Waals surface area contributed by atoms with Crippen LogP contribution in [0.5, 0.6) is 5.75 Å². The molecule has 0 saturated carbocycles. The van der Waals surface area contributed by atoms with E-state index in [0.29, 0.717) is 6.54 Å². The SMILES string of the molecule is COc1ccsc1CNc1cc(C)on1. The van der Waals surface area contributed by atoms with Crippen molar-refractivity contribution >= 4 is 17.2 Å². The van der Waals surface area contributed by atoms with Gasteiger partial charge in [0.1, 0.15) is 11.5 Å². The number of rotatable bonds is 4. The molecule has 0 aromatic carbocycles. The van der Waals surface area contributed by atoms with Crippen molar-refractivity contribution in [2.24, 2.45) is 0 Å². The first kappa shape index (κ1) is 10.0. The molecular weight excluding hydrogens is 212 g/mol. The summed E-state index contributed by atoms with van der Waals surface area (Å²) in [5.41, 5.74) is 0. The molecule has 5 heteroatoms. The van der Waals surface area contributed by atoms with Gasteiger partial charge >= 0.3 is 0 Å². The van der Waals surface area contributed by atoms with E-state index in [1.165, 1.54) is 0 Å². The van der Waals surface area contributed by atoms with Crippen LogP contribution in [0.1, 0.15) is 10.6 Å². The summed E-state index contributed by atoms with van der Waals surface area (Å²) < 4.78 is 10.2. The van der Waals surface area contributed by atoms with Gasteiger partial charge in [0.2, 0.25) is 0 Å². The lowest BCUT2D eigenvalue weighted by Gasteiger charge is -2.02. The summed E-state index contributed by atoms with van der Waals surface area (Å²) in [6.07, 6.45) is 0. The Bertz CT molecular complexity index is 436. The highest BCUT2D eigenvalue weighted by Gasteiger charge is 2.05. The van der Waals surface area contributed by atoms with Crippen LogP contribution in [0.15, 0.2) is 22.0 Å². The minimum Gasteiger partial charge on any atom is -0.496 e. The van der Waals surface area contributed by atoms with Crippen LogP contribution in [0.25, 0.3) is 0 Å². The van der Waals surface area contributed by atoms with Gasteiger partial charge in [0.25, 0.3) is 0 Å². The molecule has 2 aromatic rings. The van der Waals surface area contributed by atoms with Crippen molar-refractivity contribution in [3.8, 4) is 5.75 Å². The Kier molecular flexibility index (Phi) is 2.91. The number of hydrogen-bond acceptors (Lipinski definition) is 5. The summed E-state index contributed by atoms with van der Waals surface area (Å²) in [6.45, 7) is 2.57. The molecule has 0 atom stereocenters. The van der Waals surface area contributed by atoms with Crippen molar-refractivity contribution in [3.63, 3.8) is 0 Å². The van der Waals surface area contributed by atoms with Crippen LogP contribution >= 0.6 is 11.3 Å². The third-order valence-electron chi connectivity index (χ3n) is 1.98. The van der Waals surface area contributed by atoms with Gasteiger partial charge in [-0.3, -0.25) is 0 Å². The van der Waals surface area contributed by atoms with Crippen molar-refractivity contribution in [1.29, 1.82) is 0 Å². The molecule has 15 heavy (non-hydrogen) atoms. The molecule has 0 saturated heterocycles. The van der Waals surface area contributed by atoms with Crippen molar-refractivity contribution in [2.45, 2.75) is 13.5 Å². The number of aryl methyl sites for hydroxylation is 1. The van der Waals surface area contributed by atoms with Gasteiger partial charge in [0, 0.05) is 6.07 Å². The van der Waals surface area contributed by atoms with E-state index in [1.807, 2.05) is 24.4 Å². The van der Waals surface area contributed by atoms with E-state index in [2.05, 4.69) is 10.5 Å². The van der Waals surface area contributed by atoms with Crippen molar-refractivity contribution in [1.82, 2.24) is 5.16 Å². The lowest BCUT2D eigenvalue weighted by molar-refractivity contribution is 0.399. The average Bonchev–Trinajstić information content (AvgIpc) is 2.83. The summed E-state index contributed by atoms with van der Waals surface area (Å²) in [5, 5.41) is 9.02. The zero-order chi connectivity index (χ0) is 10.7. The van der Waals surface area contributed by atoms with Gasteiger partial charge in [0.15, 0.2) is 5.82 Å². The fraction of sp³-hybridized carbons (Fsp3) is 0.300. The van der Waals surface area contributed by atoms with E-state index in [4.69, 9.17) is 9.26 Å². The van der Waals surface area contributed by atoms with Crippen molar-refractivity contribution in [3.05, 3.63) is 28.2 Å². The van der Waals surface area contributed by atoms with E-state index in [9.17, 15) is 0 Å². The topological polar surface area (TPSA) is 47.3 Å². The first-order chi connectivity index (χ1) is 7.29. The Morgan fingerprint density at radius 2 is 2.47 bits per heavy atom. The fourth-order valence-corrected chi connectivity index (χ4v) is 2.04. The summed E-state index contributed by atoms with van der Waals surface area (Å²) in [6, 6.07) is 3.82. The summed E-state index contributed by atoms with van der Waals surface area (Å²) >= 11 is 1.65. The molecule has 1 N–H and O–H groups in total. The maximum absolute atomic E-state index is 5.21. The minimum absolute atomic E-state index is 0.701. The molecule has 0 radical (unpaired) electrons. The molecule has 2 aromatic heterocycles. The van der Waals surface area contributed by atoms with Crippen LogP contribution < -0.4 is 10.1 Å². The Labute approximate surface area is 91.9 Å². The van der Waals surface area contributed by atoms with Crippen molar-refractivity contribution in [2.75, 3.05) is 12.4 Å². The first-order valence-electron chi connectivity index (χ1n) is 4.57. The molecule has 0 unspecified atom stereocenters. The lowest BCUT2D eigenvalue weighted by atomic mass is 10.4. The molecular formula is C10H12N2O2S. The second-order valence-electron chi connectivity index (χ2n) is 3.09. The molecule has 2 heterocycles. The summed E-state index contributed by atoms with van der Waals surface area (Å²) in [4.78, 5) is 1.15. The van der Waals surface area contributed by atoms with E-state index >= 15 is 0 Å². The number of anilines is 1. The molecule has 0 bridgehead atoms. The molecule has 0 aliphatic rings. The number of nitrogens with zero attached hydrogens (tertiary/aromatic N) is 1. The second-order valence-corrected chi connectivity index (χ2v) is 4.09. The molecule has 0 amide bonds. The van der Waals surface area contributed by atoms with E-state index in [0.717, 1.165) is 22.2 Å². The van der Waals surface area contributed by atoms with E-state index in [-0.39, 0.29) is 0 Å². The molecule has 0 spiro atoms. The summed E-state index contributed by atoms with van der Waals surface area (Å²) in [7, 11) is 1.67. The molecule has 80 valence electrons. The third kappa shape index (κ3) is 2.30. The average molecular weight is 224 g/mol. The van der Waals surface area contributed by atoms with Crippen LogP contribution in [0.4, 0.5) is 5.82 Å². The second kappa shape index (κ2) is 4.35. The molecule has 0 aliphatic carbocycles. The number of aromatic nitrogens is 1. The fourth-order valence-electron chi connectivity index (χ4n) is 1.26. The highest BCUT2D eigenvalue weighted by Crippen LogP contribution is 2.25. The standard InChI is InChI=1S/C10H12N2O2S/c1-7-5-10(12-14-7)11-6-9-8(13-2)3-4-15-9/h3-5H,6H2,1-2H3,(H,11,12). The predicted octanol–water partition coefficient (Wildman–Crippen LogP) is 2.67. The molecule has 0 fully saturated rings. The highest BCUT2D eigenvalue weighted by molar-refractivity contribution is 7.10. The monoisotopic (exact) mass is 224 g/mol. The van der Waals surface area contributed by atoms with Crippen LogP contribution in [0.2, 0.25) is 0 Å². The Morgan fingerprint density at radius 3 is 3.13 bits per heavy atom. The highest BCUT2D eigenvalue weighted by atomic mass is 32.1. The van der Waals surface area contributed by atoms with Gasteiger partial charge in [0.05, 0.1) is 18.5 Å². The Hall–Kier alpha value is -1.49. The van der Waals surface area contributed by atoms with Crippen LogP contribution in [-0.2, 0) is 6.54 Å². The van der Waals surface area contributed by atoms with Gasteiger partial charge < -0.3 is 14.6 Å². The number of methoxy groups -OCH3 is 1. The van der Waals surface area contributed by atoms with Gasteiger partial charge in [-0.05, 0) is 18.4 Å². The van der Waals surface area contributed by atoms with Crippen LogP contribution in [-0.4, -0.2) is 12.3 Å². The lowest BCUT2D eigenvalue weighted by Crippen LogP contribution is -1.98. The minimum atomic E-state index is 0.701. The van der Waals surface area contributed by atoms with Crippen molar-refractivity contribution < 1.29 is 9.26 Å². The number of hydrogen-bond donors (Lipinski definition) is 1. The first-order valence-corrected chi connectivity index (χ1v) is 5.45. The van der Waals surface area contributed by atoms with E-state index in [1.54, 1.807) is 18.4 Å². The number of nitrogens with one attached hydrogen (secondary N) is 1. The zero-order valence-corrected chi connectivity index (χ0v) is 9.43. The van der Waals surface area contributed by atoms with Crippen LogP contribution in [0, 0.1) is 6.92 Å². The quantitative estimate of drug-likeness (QED) is 0.867. The smallest absolute Gasteiger partial charge is 0.169 e. The normalized spacial score (nSPS) is 10.3. The van der Waals surface area contributed by atoms with Gasteiger partial charge in [-0.25, -0.2) is 0 Å². The Balaban J connectivity index is 1.98. The van der Waals surface area contributed by atoms with E-state index < -0.39 is 0 Å². The van der Waals surface area contributed by atoms with Gasteiger partial charge in [-0.1, -0.05) is 5.16 Å². The molecule has 2 rings (SSSR count). The maximum atomic E-state index is 5.21. The number of ether oxygens (including phenoxy) is 1.